The van der Waals surface area contributed by atoms with E-state index in [0.29, 0.717) is 10.8 Å². The molecule has 2 aromatic heterocycles. The molecule has 0 aliphatic rings. The van der Waals surface area contributed by atoms with Crippen molar-refractivity contribution >= 4 is 32.6 Å². The number of amides is 1. The quantitative estimate of drug-likeness (QED) is 0.782. The number of anilines is 1. The number of fused-ring (bicyclic) bond motifs is 1. The Morgan fingerprint density at radius 3 is 2.57 bits per heavy atom. The molecule has 3 aromatic rings. The fourth-order valence-electron chi connectivity index (χ4n) is 2.55. The van der Waals surface area contributed by atoms with Crippen LogP contribution in [0.25, 0.3) is 10.2 Å². The third-order valence-corrected chi connectivity index (χ3v) is 4.85. The smallest absolute Gasteiger partial charge is 0.275 e. The fourth-order valence-corrected chi connectivity index (χ4v) is 3.56. The molecule has 3 rings (SSSR count). The van der Waals surface area contributed by atoms with Crippen molar-refractivity contribution < 1.29 is 4.79 Å². The Labute approximate surface area is 139 Å². The van der Waals surface area contributed by atoms with Gasteiger partial charge in [-0.2, -0.15) is 5.10 Å². The van der Waals surface area contributed by atoms with Gasteiger partial charge in [0.2, 0.25) is 0 Å². The van der Waals surface area contributed by atoms with Gasteiger partial charge in [-0.25, -0.2) is 4.98 Å². The monoisotopic (exact) mass is 328 g/mol. The van der Waals surface area contributed by atoms with Crippen LogP contribution in [0, 0.1) is 20.8 Å². The fraction of sp³-hybridized carbons (Fsp3) is 0.353. The molecule has 23 heavy (non-hydrogen) atoms. The van der Waals surface area contributed by atoms with E-state index in [1.54, 1.807) is 10.7 Å². The van der Waals surface area contributed by atoms with Crippen molar-refractivity contribution in [2.45, 2.75) is 40.7 Å². The first-order chi connectivity index (χ1) is 10.9. The molecule has 1 N–H and O–H groups in total. The predicted octanol–water partition coefficient (Wildman–Crippen LogP) is 4.25. The van der Waals surface area contributed by atoms with Crippen LogP contribution in [0.1, 0.15) is 47.2 Å². The molecule has 0 fully saturated rings. The number of carbonyl (C=O) groups excluding carboxylic acids is 1. The number of nitrogens with zero attached hydrogens (tertiary/aromatic N) is 3. The van der Waals surface area contributed by atoms with Crippen molar-refractivity contribution in [3.05, 3.63) is 40.7 Å². The highest BCUT2D eigenvalue weighted by atomic mass is 32.1. The average molecular weight is 328 g/mol. The van der Waals surface area contributed by atoms with Gasteiger partial charge in [-0.05, 0) is 51.8 Å². The SMILES string of the molecule is Cc1cc(C(=O)Nc2nc3c(C)ccc(C)c3s2)n(C(C)C)n1. The number of hydrogen-bond donors (Lipinski definition) is 1. The highest BCUT2D eigenvalue weighted by Crippen LogP contribution is 2.31. The van der Waals surface area contributed by atoms with Gasteiger partial charge in [-0.15, -0.1) is 0 Å². The average Bonchev–Trinajstić information content (AvgIpc) is 3.07. The van der Waals surface area contributed by atoms with Crippen molar-refractivity contribution in [3.63, 3.8) is 0 Å². The van der Waals surface area contributed by atoms with Gasteiger partial charge in [-0.3, -0.25) is 14.8 Å². The first-order valence-electron chi connectivity index (χ1n) is 7.61. The second-order valence-corrected chi connectivity index (χ2v) is 7.06. The van der Waals surface area contributed by atoms with Crippen LogP contribution in [0.2, 0.25) is 0 Å². The Morgan fingerprint density at radius 2 is 1.91 bits per heavy atom. The molecule has 0 saturated heterocycles. The van der Waals surface area contributed by atoms with Crippen molar-refractivity contribution in [2.24, 2.45) is 0 Å². The third-order valence-electron chi connectivity index (χ3n) is 3.74. The van der Waals surface area contributed by atoms with Gasteiger partial charge in [0.1, 0.15) is 5.69 Å². The van der Waals surface area contributed by atoms with Crippen LogP contribution in [-0.2, 0) is 0 Å². The molecule has 0 spiro atoms. The second kappa shape index (κ2) is 5.77. The number of aryl methyl sites for hydroxylation is 3. The molecule has 2 heterocycles. The van der Waals surface area contributed by atoms with Gasteiger partial charge in [0.05, 0.1) is 15.9 Å². The summed E-state index contributed by atoms with van der Waals surface area (Å²) in [6.45, 7) is 9.99. The summed E-state index contributed by atoms with van der Waals surface area (Å²) in [6, 6.07) is 6.07. The topological polar surface area (TPSA) is 59.8 Å². The zero-order chi connectivity index (χ0) is 16.7. The first kappa shape index (κ1) is 15.7. The lowest BCUT2D eigenvalue weighted by Crippen LogP contribution is -2.18. The van der Waals surface area contributed by atoms with E-state index >= 15 is 0 Å². The number of carbonyl (C=O) groups is 1. The van der Waals surface area contributed by atoms with E-state index in [9.17, 15) is 4.79 Å². The van der Waals surface area contributed by atoms with E-state index in [0.717, 1.165) is 21.5 Å². The van der Waals surface area contributed by atoms with Gasteiger partial charge < -0.3 is 0 Å². The van der Waals surface area contributed by atoms with Gasteiger partial charge in [-0.1, -0.05) is 23.5 Å². The maximum atomic E-state index is 12.6. The predicted molar refractivity (Wildman–Crippen MR) is 94.4 cm³/mol. The minimum atomic E-state index is -0.173. The molecule has 6 heteroatoms. The van der Waals surface area contributed by atoms with Crippen molar-refractivity contribution in [1.82, 2.24) is 14.8 Å². The summed E-state index contributed by atoms with van der Waals surface area (Å²) in [4.78, 5) is 17.2. The summed E-state index contributed by atoms with van der Waals surface area (Å²) in [6.07, 6.45) is 0. The van der Waals surface area contributed by atoms with Crippen LogP contribution in [0.15, 0.2) is 18.2 Å². The maximum absolute atomic E-state index is 12.6. The van der Waals surface area contributed by atoms with E-state index in [4.69, 9.17) is 0 Å². The molecule has 0 aliphatic carbocycles. The van der Waals surface area contributed by atoms with E-state index < -0.39 is 0 Å². The molecule has 0 aliphatic heterocycles. The summed E-state index contributed by atoms with van der Waals surface area (Å²) in [7, 11) is 0. The van der Waals surface area contributed by atoms with Crippen LogP contribution < -0.4 is 5.32 Å². The minimum absolute atomic E-state index is 0.129. The number of thiazole rings is 1. The van der Waals surface area contributed by atoms with Crippen molar-refractivity contribution in [1.29, 1.82) is 0 Å². The third kappa shape index (κ3) is 2.86. The lowest BCUT2D eigenvalue weighted by molar-refractivity contribution is 0.101. The summed E-state index contributed by atoms with van der Waals surface area (Å²) in [5.41, 5.74) is 4.64. The normalized spacial score (nSPS) is 11.4. The first-order valence-corrected chi connectivity index (χ1v) is 8.42. The summed E-state index contributed by atoms with van der Waals surface area (Å²) in [5, 5.41) is 7.92. The second-order valence-electron chi connectivity index (χ2n) is 6.06. The van der Waals surface area contributed by atoms with Crippen molar-refractivity contribution in [3.8, 4) is 0 Å². The standard InChI is InChI=1S/C17H20N4OS/c1-9(2)21-13(8-12(5)20-21)16(22)19-17-18-14-10(3)6-7-11(4)15(14)23-17/h6-9H,1-5H3,(H,18,19,22). The lowest BCUT2D eigenvalue weighted by Gasteiger charge is -2.09. The Hall–Kier alpha value is -2.21. The minimum Gasteiger partial charge on any atom is -0.296 e. The Morgan fingerprint density at radius 1 is 1.22 bits per heavy atom. The van der Waals surface area contributed by atoms with E-state index in [2.05, 4.69) is 34.5 Å². The number of nitrogens with one attached hydrogen (secondary N) is 1. The Balaban J connectivity index is 1.95. The van der Waals surface area contributed by atoms with Crippen LogP contribution in [0.4, 0.5) is 5.13 Å². The maximum Gasteiger partial charge on any atom is 0.275 e. The Bertz CT molecular complexity index is 853. The van der Waals surface area contributed by atoms with E-state index in [1.807, 2.05) is 27.7 Å². The largest absolute Gasteiger partial charge is 0.296 e. The lowest BCUT2D eigenvalue weighted by atomic mass is 10.1. The van der Waals surface area contributed by atoms with Crippen LogP contribution in [0.3, 0.4) is 0 Å². The molecule has 0 bridgehead atoms. The molecule has 120 valence electrons. The molecule has 0 unspecified atom stereocenters. The molecule has 0 radical (unpaired) electrons. The van der Waals surface area contributed by atoms with Crippen molar-refractivity contribution in [2.75, 3.05) is 5.32 Å². The molecule has 1 aromatic carbocycles. The zero-order valence-corrected chi connectivity index (χ0v) is 14.8. The molecule has 1 amide bonds. The number of benzene rings is 1. The molecule has 5 nitrogen and oxygen atoms in total. The van der Waals surface area contributed by atoms with Crippen LogP contribution in [-0.4, -0.2) is 20.7 Å². The van der Waals surface area contributed by atoms with Gasteiger partial charge in [0.25, 0.3) is 5.91 Å². The highest BCUT2D eigenvalue weighted by Gasteiger charge is 2.18. The highest BCUT2D eigenvalue weighted by molar-refractivity contribution is 7.22. The number of aromatic nitrogens is 3. The molecule has 0 atom stereocenters. The molecular formula is C17H20N4OS. The van der Waals surface area contributed by atoms with E-state index in [1.165, 1.54) is 16.9 Å². The Kier molecular flexibility index (Phi) is 3.93. The molecular weight excluding hydrogens is 308 g/mol. The van der Waals surface area contributed by atoms with Gasteiger partial charge >= 0.3 is 0 Å². The van der Waals surface area contributed by atoms with Crippen LogP contribution >= 0.6 is 11.3 Å². The van der Waals surface area contributed by atoms with Gasteiger partial charge in [0.15, 0.2) is 5.13 Å². The van der Waals surface area contributed by atoms with E-state index in [-0.39, 0.29) is 11.9 Å². The van der Waals surface area contributed by atoms with Crippen LogP contribution in [0.5, 0.6) is 0 Å². The summed E-state index contributed by atoms with van der Waals surface area (Å²) < 4.78 is 2.86. The zero-order valence-electron chi connectivity index (χ0n) is 14.0. The number of rotatable bonds is 3. The van der Waals surface area contributed by atoms with Gasteiger partial charge in [0, 0.05) is 6.04 Å². The summed E-state index contributed by atoms with van der Waals surface area (Å²) >= 11 is 1.51. The summed E-state index contributed by atoms with van der Waals surface area (Å²) in [5.74, 6) is -0.173. The number of hydrogen-bond acceptors (Lipinski definition) is 4. The molecule has 0 saturated carbocycles.